The summed E-state index contributed by atoms with van der Waals surface area (Å²) in [7, 11) is 1.49. The maximum atomic E-state index is 10.9. The van der Waals surface area contributed by atoms with E-state index in [1.165, 1.54) is 13.3 Å². The third-order valence-electron chi connectivity index (χ3n) is 1.64. The summed E-state index contributed by atoms with van der Waals surface area (Å²) in [6.45, 7) is 0.229. The van der Waals surface area contributed by atoms with Crippen LogP contribution < -0.4 is 15.4 Å². The Morgan fingerprint density at radius 3 is 3.23 bits per heavy atom. The van der Waals surface area contributed by atoms with Gasteiger partial charge in [0.1, 0.15) is 5.69 Å². The molecule has 2 heterocycles. The van der Waals surface area contributed by atoms with Crippen molar-refractivity contribution < 1.29 is 9.53 Å². The van der Waals surface area contributed by atoms with Crippen LogP contribution in [0.4, 0.5) is 11.5 Å². The van der Waals surface area contributed by atoms with Gasteiger partial charge in [0.25, 0.3) is 0 Å². The number of fused-ring (bicyclic) bond motifs is 1. The van der Waals surface area contributed by atoms with Gasteiger partial charge in [0.2, 0.25) is 5.91 Å². The Balaban J connectivity index is 2.36. The van der Waals surface area contributed by atoms with Gasteiger partial charge in [-0.3, -0.25) is 4.79 Å². The Kier molecular flexibility index (Phi) is 1.73. The van der Waals surface area contributed by atoms with Crippen molar-refractivity contribution in [3.05, 3.63) is 6.20 Å². The molecule has 1 aromatic rings. The molecule has 68 valence electrons. The molecule has 0 radical (unpaired) electrons. The molecule has 6 heteroatoms. The molecule has 0 bridgehead atoms. The van der Waals surface area contributed by atoms with Gasteiger partial charge in [-0.25, -0.2) is 4.98 Å². The lowest BCUT2D eigenvalue weighted by Crippen LogP contribution is -2.28. The van der Waals surface area contributed by atoms with Gasteiger partial charge in [0.05, 0.1) is 19.9 Å². The fraction of sp³-hybridized carbons (Fsp3) is 0.286. The Morgan fingerprint density at radius 2 is 2.46 bits per heavy atom. The molecule has 1 aromatic heterocycles. The maximum absolute atomic E-state index is 10.9. The van der Waals surface area contributed by atoms with E-state index in [1.54, 1.807) is 0 Å². The zero-order chi connectivity index (χ0) is 9.26. The average Bonchev–Trinajstić information content (AvgIpc) is 2.17. The van der Waals surface area contributed by atoms with Crippen molar-refractivity contribution in [3.8, 4) is 6.01 Å². The van der Waals surface area contributed by atoms with Gasteiger partial charge in [-0.15, -0.1) is 0 Å². The SMILES string of the molecule is COc1ncc2c(n1)NCC(=O)N2. The van der Waals surface area contributed by atoms with E-state index < -0.39 is 0 Å². The second kappa shape index (κ2) is 2.89. The molecule has 13 heavy (non-hydrogen) atoms. The summed E-state index contributed by atoms with van der Waals surface area (Å²) in [6, 6.07) is 0.280. The predicted octanol–water partition coefficient (Wildman–Crippen LogP) is -0.151. The summed E-state index contributed by atoms with van der Waals surface area (Å²) in [5.74, 6) is 0.493. The van der Waals surface area contributed by atoms with Crippen molar-refractivity contribution in [1.82, 2.24) is 9.97 Å². The van der Waals surface area contributed by atoms with Crippen molar-refractivity contribution in [2.45, 2.75) is 0 Å². The van der Waals surface area contributed by atoms with Crippen molar-refractivity contribution in [2.24, 2.45) is 0 Å². The molecule has 0 unspecified atom stereocenters. The van der Waals surface area contributed by atoms with E-state index in [0.717, 1.165) is 0 Å². The topological polar surface area (TPSA) is 76.1 Å². The van der Waals surface area contributed by atoms with Crippen LogP contribution in [-0.2, 0) is 4.79 Å². The summed E-state index contributed by atoms with van der Waals surface area (Å²) in [5, 5.41) is 5.47. The van der Waals surface area contributed by atoms with Crippen LogP contribution in [0, 0.1) is 0 Å². The first-order valence-corrected chi connectivity index (χ1v) is 3.74. The average molecular weight is 180 g/mol. The fourth-order valence-electron chi connectivity index (χ4n) is 1.05. The number of hydrogen-bond donors (Lipinski definition) is 2. The number of ether oxygens (including phenoxy) is 1. The number of carbonyl (C=O) groups excluding carboxylic acids is 1. The highest BCUT2D eigenvalue weighted by Crippen LogP contribution is 2.22. The molecule has 1 aliphatic rings. The van der Waals surface area contributed by atoms with Crippen LogP contribution in [-0.4, -0.2) is 29.5 Å². The Morgan fingerprint density at radius 1 is 1.62 bits per heavy atom. The summed E-state index contributed by atoms with van der Waals surface area (Å²) in [4.78, 5) is 18.8. The van der Waals surface area contributed by atoms with Crippen LogP contribution in [0.1, 0.15) is 0 Å². The van der Waals surface area contributed by atoms with Crippen LogP contribution >= 0.6 is 0 Å². The number of nitrogens with one attached hydrogen (secondary N) is 2. The second-order valence-corrected chi connectivity index (χ2v) is 2.52. The molecule has 0 spiro atoms. The molecule has 0 saturated carbocycles. The van der Waals surface area contributed by atoms with Crippen molar-refractivity contribution in [2.75, 3.05) is 24.3 Å². The van der Waals surface area contributed by atoms with Gasteiger partial charge in [0, 0.05) is 0 Å². The number of nitrogens with zero attached hydrogens (tertiary/aromatic N) is 2. The predicted molar refractivity (Wildman–Crippen MR) is 45.7 cm³/mol. The first-order chi connectivity index (χ1) is 6.29. The number of anilines is 2. The van der Waals surface area contributed by atoms with Gasteiger partial charge >= 0.3 is 6.01 Å². The van der Waals surface area contributed by atoms with Crippen LogP contribution in [0.15, 0.2) is 6.20 Å². The van der Waals surface area contributed by atoms with E-state index in [4.69, 9.17) is 4.74 Å². The lowest BCUT2D eigenvalue weighted by molar-refractivity contribution is -0.114. The van der Waals surface area contributed by atoms with E-state index in [9.17, 15) is 4.79 Å². The minimum atomic E-state index is -0.0960. The zero-order valence-corrected chi connectivity index (χ0v) is 7.00. The second-order valence-electron chi connectivity index (χ2n) is 2.52. The molecule has 0 aliphatic carbocycles. The molecule has 0 atom stereocenters. The van der Waals surface area contributed by atoms with Crippen molar-refractivity contribution >= 4 is 17.4 Å². The zero-order valence-electron chi connectivity index (χ0n) is 7.00. The minimum Gasteiger partial charge on any atom is -0.467 e. The number of rotatable bonds is 1. The lowest BCUT2D eigenvalue weighted by Gasteiger charge is -2.16. The van der Waals surface area contributed by atoms with Crippen LogP contribution in [0.3, 0.4) is 0 Å². The Labute approximate surface area is 74.3 Å². The number of amides is 1. The molecule has 6 nitrogen and oxygen atoms in total. The first-order valence-electron chi connectivity index (χ1n) is 3.74. The van der Waals surface area contributed by atoms with E-state index in [0.29, 0.717) is 11.5 Å². The van der Waals surface area contributed by atoms with Gasteiger partial charge < -0.3 is 15.4 Å². The number of aromatic nitrogens is 2. The summed E-state index contributed by atoms with van der Waals surface area (Å²) < 4.78 is 4.83. The van der Waals surface area contributed by atoms with E-state index in [-0.39, 0.29) is 18.5 Å². The molecule has 2 rings (SSSR count). The van der Waals surface area contributed by atoms with Crippen LogP contribution in [0.2, 0.25) is 0 Å². The summed E-state index contributed by atoms with van der Waals surface area (Å²) in [5.41, 5.74) is 0.581. The largest absolute Gasteiger partial charge is 0.467 e. The first kappa shape index (κ1) is 7.78. The monoisotopic (exact) mass is 180 g/mol. The highest BCUT2D eigenvalue weighted by molar-refractivity contribution is 5.99. The fourth-order valence-corrected chi connectivity index (χ4v) is 1.05. The molecular formula is C7H8N4O2. The van der Waals surface area contributed by atoms with Gasteiger partial charge in [-0.05, 0) is 0 Å². The normalized spacial score (nSPS) is 14.1. The number of hydrogen-bond acceptors (Lipinski definition) is 5. The minimum absolute atomic E-state index is 0.0960. The van der Waals surface area contributed by atoms with E-state index >= 15 is 0 Å². The Bertz CT molecular complexity index is 352. The molecule has 0 saturated heterocycles. The molecule has 0 fully saturated rings. The highest BCUT2D eigenvalue weighted by Gasteiger charge is 2.15. The van der Waals surface area contributed by atoms with Crippen molar-refractivity contribution in [3.63, 3.8) is 0 Å². The molecular weight excluding hydrogens is 172 g/mol. The summed E-state index contributed by atoms with van der Waals surface area (Å²) in [6.07, 6.45) is 1.51. The molecule has 2 N–H and O–H groups in total. The number of carbonyl (C=O) groups is 1. The number of methoxy groups -OCH3 is 1. The molecule has 0 aromatic carbocycles. The quantitative estimate of drug-likeness (QED) is 0.628. The standard InChI is InChI=1S/C7H8N4O2/c1-13-7-9-2-4-6(11-7)8-3-5(12)10-4/h2H,3H2,1H3,(H,10,12)(H,8,9,11). The smallest absolute Gasteiger partial charge is 0.318 e. The third kappa shape index (κ3) is 1.37. The molecule has 1 aliphatic heterocycles. The highest BCUT2D eigenvalue weighted by atomic mass is 16.5. The lowest BCUT2D eigenvalue weighted by atomic mass is 10.3. The van der Waals surface area contributed by atoms with Crippen LogP contribution in [0.5, 0.6) is 6.01 Å². The van der Waals surface area contributed by atoms with Crippen LogP contribution in [0.25, 0.3) is 0 Å². The van der Waals surface area contributed by atoms with E-state index in [1.807, 2.05) is 0 Å². The Hall–Kier alpha value is -1.85. The van der Waals surface area contributed by atoms with Gasteiger partial charge in [-0.1, -0.05) is 0 Å². The van der Waals surface area contributed by atoms with Gasteiger partial charge in [-0.2, -0.15) is 4.98 Å². The van der Waals surface area contributed by atoms with Gasteiger partial charge in [0.15, 0.2) is 5.82 Å². The third-order valence-corrected chi connectivity index (χ3v) is 1.64. The molecule has 1 amide bonds. The van der Waals surface area contributed by atoms with E-state index in [2.05, 4.69) is 20.6 Å². The summed E-state index contributed by atoms with van der Waals surface area (Å²) >= 11 is 0. The maximum Gasteiger partial charge on any atom is 0.318 e. The van der Waals surface area contributed by atoms with Crippen molar-refractivity contribution in [1.29, 1.82) is 0 Å².